The largest absolute Gasteiger partial charge is 0.352 e. The molecule has 0 spiro atoms. The molecule has 0 saturated heterocycles. The second-order valence-corrected chi connectivity index (χ2v) is 5.40. The first-order valence-corrected chi connectivity index (χ1v) is 6.30. The molecule has 17 heavy (non-hydrogen) atoms. The minimum Gasteiger partial charge on any atom is -0.352 e. The zero-order chi connectivity index (χ0) is 13.1. The predicted octanol–water partition coefficient (Wildman–Crippen LogP) is 3.18. The molecule has 1 aromatic rings. The lowest BCUT2D eigenvalue weighted by molar-refractivity contribution is -0.128. The first-order valence-electron chi connectivity index (χ1n) is 5.77. The van der Waals surface area contributed by atoms with Gasteiger partial charge in [-0.1, -0.05) is 23.8 Å². The third-order valence-corrected chi connectivity index (χ3v) is 3.56. The fraction of sp³-hybridized carbons (Fsp3) is 0.500. The monoisotopic (exact) mass is 253 g/mol. The van der Waals surface area contributed by atoms with E-state index in [9.17, 15) is 4.79 Å². The highest BCUT2D eigenvalue weighted by atomic mass is 35.5. The molecule has 0 aliphatic rings. The standard InChI is InChI=1S/C14H20ClNO/c1-10-5-6-11(2)12(7-10)8-16-13(17)14(3,4)9-15/h5-7H,8-9H2,1-4H3,(H,16,17). The molecule has 0 radical (unpaired) electrons. The van der Waals surface area contributed by atoms with Crippen LogP contribution in [0.25, 0.3) is 0 Å². The van der Waals surface area contributed by atoms with Crippen molar-refractivity contribution in [2.75, 3.05) is 5.88 Å². The van der Waals surface area contributed by atoms with E-state index in [-0.39, 0.29) is 5.91 Å². The van der Waals surface area contributed by atoms with Crippen molar-refractivity contribution in [2.45, 2.75) is 34.2 Å². The molecular weight excluding hydrogens is 234 g/mol. The molecule has 0 unspecified atom stereocenters. The summed E-state index contributed by atoms with van der Waals surface area (Å²) in [6, 6.07) is 6.25. The lowest BCUT2D eigenvalue weighted by Crippen LogP contribution is -2.37. The molecule has 3 heteroatoms. The third kappa shape index (κ3) is 3.74. The van der Waals surface area contributed by atoms with Crippen LogP contribution in [0.15, 0.2) is 18.2 Å². The molecule has 0 atom stereocenters. The minimum atomic E-state index is -0.515. The number of halogens is 1. The second-order valence-electron chi connectivity index (χ2n) is 5.13. The number of carbonyl (C=O) groups is 1. The van der Waals surface area contributed by atoms with Crippen LogP contribution in [0, 0.1) is 19.3 Å². The Hall–Kier alpha value is -1.02. The Balaban J connectivity index is 2.68. The number of alkyl halides is 1. The Labute approximate surface area is 108 Å². The molecular formula is C14H20ClNO. The van der Waals surface area contributed by atoms with Gasteiger partial charge in [0.05, 0.1) is 5.41 Å². The van der Waals surface area contributed by atoms with E-state index in [4.69, 9.17) is 11.6 Å². The number of amides is 1. The topological polar surface area (TPSA) is 29.1 Å². The molecule has 0 aliphatic carbocycles. The van der Waals surface area contributed by atoms with Crippen molar-refractivity contribution in [3.8, 4) is 0 Å². The highest BCUT2D eigenvalue weighted by molar-refractivity contribution is 6.19. The van der Waals surface area contributed by atoms with Crippen molar-refractivity contribution < 1.29 is 4.79 Å². The van der Waals surface area contributed by atoms with Crippen molar-refractivity contribution in [3.63, 3.8) is 0 Å². The number of rotatable bonds is 4. The lowest BCUT2D eigenvalue weighted by atomic mass is 9.95. The van der Waals surface area contributed by atoms with Gasteiger partial charge in [0.25, 0.3) is 0 Å². The highest BCUT2D eigenvalue weighted by Crippen LogP contribution is 2.17. The predicted molar refractivity (Wildman–Crippen MR) is 72.3 cm³/mol. The van der Waals surface area contributed by atoms with Gasteiger partial charge >= 0.3 is 0 Å². The van der Waals surface area contributed by atoms with Crippen molar-refractivity contribution in [3.05, 3.63) is 34.9 Å². The van der Waals surface area contributed by atoms with Crippen molar-refractivity contribution in [2.24, 2.45) is 5.41 Å². The molecule has 1 aromatic carbocycles. The van der Waals surface area contributed by atoms with Crippen LogP contribution in [-0.2, 0) is 11.3 Å². The molecule has 0 saturated carbocycles. The minimum absolute atomic E-state index is 0.00611. The SMILES string of the molecule is Cc1ccc(C)c(CNC(=O)C(C)(C)CCl)c1. The quantitative estimate of drug-likeness (QED) is 0.821. The van der Waals surface area contributed by atoms with E-state index in [1.807, 2.05) is 27.7 Å². The van der Waals surface area contributed by atoms with E-state index in [0.29, 0.717) is 12.4 Å². The van der Waals surface area contributed by atoms with E-state index in [0.717, 1.165) is 5.56 Å². The Morgan fingerprint density at radius 2 is 2.00 bits per heavy atom. The van der Waals surface area contributed by atoms with E-state index in [2.05, 4.69) is 23.5 Å². The molecule has 1 N–H and O–H groups in total. The van der Waals surface area contributed by atoms with Crippen LogP contribution in [0.2, 0.25) is 0 Å². The van der Waals surface area contributed by atoms with Crippen LogP contribution in [0.4, 0.5) is 0 Å². The van der Waals surface area contributed by atoms with Gasteiger partial charge in [-0.25, -0.2) is 0 Å². The van der Waals surface area contributed by atoms with Gasteiger partial charge in [0.2, 0.25) is 5.91 Å². The molecule has 1 rings (SSSR count). The molecule has 1 amide bonds. The fourth-order valence-electron chi connectivity index (χ4n) is 1.47. The number of hydrogen-bond acceptors (Lipinski definition) is 1. The maximum Gasteiger partial charge on any atom is 0.227 e. The second kappa shape index (κ2) is 5.54. The smallest absolute Gasteiger partial charge is 0.227 e. The van der Waals surface area contributed by atoms with Gasteiger partial charge in [0.15, 0.2) is 0 Å². The zero-order valence-corrected chi connectivity index (χ0v) is 11.7. The molecule has 0 heterocycles. The molecule has 0 aliphatic heterocycles. The molecule has 0 fully saturated rings. The van der Waals surface area contributed by atoms with E-state index >= 15 is 0 Å². The Morgan fingerprint density at radius 1 is 1.35 bits per heavy atom. The summed E-state index contributed by atoms with van der Waals surface area (Å²) in [4.78, 5) is 11.9. The number of aryl methyl sites for hydroxylation is 2. The van der Waals surface area contributed by atoms with Crippen LogP contribution in [0.1, 0.15) is 30.5 Å². The summed E-state index contributed by atoms with van der Waals surface area (Å²) < 4.78 is 0. The van der Waals surface area contributed by atoms with Crippen LogP contribution < -0.4 is 5.32 Å². The molecule has 2 nitrogen and oxygen atoms in total. The summed E-state index contributed by atoms with van der Waals surface area (Å²) in [5.74, 6) is 0.319. The van der Waals surface area contributed by atoms with Crippen molar-refractivity contribution in [1.29, 1.82) is 0 Å². The number of carbonyl (C=O) groups excluding carboxylic acids is 1. The first-order chi connectivity index (χ1) is 7.86. The lowest BCUT2D eigenvalue weighted by Gasteiger charge is -2.20. The van der Waals surface area contributed by atoms with Gasteiger partial charge in [-0.2, -0.15) is 0 Å². The Bertz CT molecular complexity index is 413. The van der Waals surface area contributed by atoms with Gasteiger partial charge in [0.1, 0.15) is 0 Å². The summed E-state index contributed by atoms with van der Waals surface area (Å²) >= 11 is 5.77. The zero-order valence-electron chi connectivity index (χ0n) is 10.9. The third-order valence-electron chi connectivity index (χ3n) is 2.89. The normalized spacial score (nSPS) is 11.4. The summed E-state index contributed by atoms with van der Waals surface area (Å²) in [6.07, 6.45) is 0. The van der Waals surface area contributed by atoms with E-state index in [1.54, 1.807) is 0 Å². The Kier molecular flexibility index (Phi) is 4.58. The van der Waals surface area contributed by atoms with Gasteiger partial charge in [-0.3, -0.25) is 4.79 Å². The maximum atomic E-state index is 11.9. The summed E-state index contributed by atoms with van der Waals surface area (Å²) in [5, 5.41) is 2.93. The van der Waals surface area contributed by atoms with Gasteiger partial charge in [0, 0.05) is 12.4 Å². The highest BCUT2D eigenvalue weighted by Gasteiger charge is 2.25. The van der Waals surface area contributed by atoms with E-state index in [1.165, 1.54) is 11.1 Å². The van der Waals surface area contributed by atoms with Gasteiger partial charge in [-0.05, 0) is 38.8 Å². The van der Waals surface area contributed by atoms with Crippen LogP contribution in [0.5, 0.6) is 0 Å². The van der Waals surface area contributed by atoms with E-state index < -0.39 is 5.41 Å². The Morgan fingerprint density at radius 3 is 2.59 bits per heavy atom. The van der Waals surface area contributed by atoms with Gasteiger partial charge in [-0.15, -0.1) is 11.6 Å². The summed E-state index contributed by atoms with van der Waals surface area (Å²) in [7, 11) is 0. The molecule has 0 aromatic heterocycles. The number of nitrogens with one attached hydrogen (secondary N) is 1. The first kappa shape index (κ1) is 14.0. The van der Waals surface area contributed by atoms with Crippen molar-refractivity contribution >= 4 is 17.5 Å². The van der Waals surface area contributed by atoms with Crippen LogP contribution in [0.3, 0.4) is 0 Å². The van der Waals surface area contributed by atoms with Gasteiger partial charge < -0.3 is 5.32 Å². The maximum absolute atomic E-state index is 11.9. The van der Waals surface area contributed by atoms with Crippen LogP contribution >= 0.6 is 11.6 Å². The number of hydrogen-bond donors (Lipinski definition) is 1. The van der Waals surface area contributed by atoms with Crippen LogP contribution in [-0.4, -0.2) is 11.8 Å². The molecule has 0 bridgehead atoms. The summed E-state index contributed by atoms with van der Waals surface area (Å²) in [6.45, 7) is 8.35. The molecule has 94 valence electrons. The summed E-state index contributed by atoms with van der Waals surface area (Å²) in [5.41, 5.74) is 3.04. The average Bonchev–Trinajstić information content (AvgIpc) is 2.29. The fourth-order valence-corrected chi connectivity index (χ4v) is 1.59. The van der Waals surface area contributed by atoms with Crippen molar-refractivity contribution in [1.82, 2.24) is 5.32 Å². The number of benzene rings is 1. The average molecular weight is 254 g/mol.